The quantitative estimate of drug-likeness (QED) is 0.273. The van der Waals surface area contributed by atoms with Crippen LogP contribution >= 0.6 is 23.2 Å². The molecule has 2 aliphatic carbocycles. The first-order chi connectivity index (χ1) is 20.6. The van der Waals surface area contributed by atoms with Crippen LogP contribution in [-0.4, -0.2) is 28.7 Å². The minimum absolute atomic E-state index is 0.0825. The van der Waals surface area contributed by atoms with E-state index in [0.29, 0.717) is 27.8 Å². The molecule has 7 rings (SSSR count). The number of carbonyl (C=O) groups excluding carboxylic acids is 4. The molecule has 7 nitrogen and oxygen atoms in total. The number of rotatable bonds is 3. The number of benzene rings is 3. The minimum atomic E-state index is -0.699. The van der Waals surface area contributed by atoms with Gasteiger partial charge < -0.3 is 5.11 Å². The van der Waals surface area contributed by atoms with Crippen molar-refractivity contribution in [1.29, 1.82) is 0 Å². The fraction of sp³-hybridized carbons (Fsp3) is 0.294. The maximum absolute atomic E-state index is 14.2. The van der Waals surface area contributed by atoms with Gasteiger partial charge in [0.05, 0.1) is 35.0 Å². The van der Waals surface area contributed by atoms with Gasteiger partial charge in [0, 0.05) is 16.0 Å². The van der Waals surface area contributed by atoms with E-state index in [2.05, 4.69) is 0 Å². The number of amides is 4. The van der Waals surface area contributed by atoms with Crippen LogP contribution in [0.5, 0.6) is 5.75 Å². The number of phenols is 1. The summed E-state index contributed by atoms with van der Waals surface area (Å²) in [5.74, 6) is -4.72. The second-order valence-electron chi connectivity index (χ2n) is 12.0. The van der Waals surface area contributed by atoms with Crippen LogP contribution < -0.4 is 9.80 Å². The fourth-order valence-electron chi connectivity index (χ4n) is 7.60. The minimum Gasteiger partial charge on any atom is -0.508 e. The van der Waals surface area contributed by atoms with Crippen molar-refractivity contribution in [1.82, 2.24) is 0 Å². The maximum Gasteiger partial charge on any atom is 0.238 e. The van der Waals surface area contributed by atoms with Crippen LogP contribution in [-0.2, 0) is 19.2 Å². The van der Waals surface area contributed by atoms with Crippen molar-refractivity contribution in [3.05, 3.63) is 99.0 Å². The highest BCUT2D eigenvalue weighted by molar-refractivity contribution is 6.33. The lowest BCUT2D eigenvalue weighted by Gasteiger charge is -2.44. The van der Waals surface area contributed by atoms with Gasteiger partial charge in [0.1, 0.15) is 5.75 Å². The molecule has 1 saturated carbocycles. The summed E-state index contributed by atoms with van der Waals surface area (Å²) in [7, 11) is 0. The van der Waals surface area contributed by atoms with Gasteiger partial charge in [-0.2, -0.15) is 0 Å². The summed E-state index contributed by atoms with van der Waals surface area (Å²) in [6.07, 6.45) is 2.62. The van der Waals surface area contributed by atoms with Crippen molar-refractivity contribution in [2.75, 3.05) is 9.80 Å². The Labute approximate surface area is 258 Å². The molecule has 1 N–H and O–H groups in total. The van der Waals surface area contributed by atoms with E-state index in [-0.39, 0.29) is 35.8 Å². The fourth-order valence-corrected chi connectivity index (χ4v) is 7.95. The summed E-state index contributed by atoms with van der Waals surface area (Å²) >= 11 is 12.8. The Balaban J connectivity index is 1.32. The van der Waals surface area contributed by atoms with E-state index in [1.807, 2.05) is 19.9 Å². The van der Waals surface area contributed by atoms with Gasteiger partial charge in [-0.15, -0.1) is 0 Å². The van der Waals surface area contributed by atoms with Gasteiger partial charge in [-0.1, -0.05) is 59.1 Å². The standard InChI is InChI=1S/C34H28Cl2N2O5/c1-16-3-7-19(13-26(16)35)37-31(40)23-12-11-22-24(29(23)33(37)42)15-25-30(28(22)18-5-9-21(39)10-6-18)34(43)38(32(25)41)20-8-4-17(2)27(36)14-20/h3-11,13-14,23-25,28-30,39H,12,15H2,1-2H3/t23-,24+,25+,28-,29-,30+/m0/s1. The number of halogens is 2. The molecule has 4 aliphatic rings. The van der Waals surface area contributed by atoms with Gasteiger partial charge in [-0.05, 0) is 85.7 Å². The number of allylic oxidation sites excluding steroid dienone is 2. The van der Waals surface area contributed by atoms with Gasteiger partial charge in [-0.25, -0.2) is 9.80 Å². The third-order valence-corrected chi connectivity index (χ3v) is 10.5. The molecule has 0 spiro atoms. The zero-order chi connectivity index (χ0) is 30.3. The van der Waals surface area contributed by atoms with Crippen molar-refractivity contribution < 1.29 is 24.3 Å². The third-order valence-electron chi connectivity index (χ3n) is 9.73. The van der Waals surface area contributed by atoms with E-state index < -0.39 is 35.5 Å². The normalized spacial score (nSPS) is 28.1. The average molecular weight is 616 g/mol. The number of anilines is 2. The first-order valence-electron chi connectivity index (χ1n) is 14.3. The molecule has 3 fully saturated rings. The predicted octanol–water partition coefficient (Wildman–Crippen LogP) is 6.36. The summed E-state index contributed by atoms with van der Waals surface area (Å²) in [5, 5.41) is 10.9. The molecule has 2 aliphatic heterocycles. The molecule has 0 radical (unpaired) electrons. The Morgan fingerprint density at radius 3 is 1.77 bits per heavy atom. The van der Waals surface area contributed by atoms with Crippen molar-refractivity contribution >= 4 is 58.2 Å². The first kappa shape index (κ1) is 27.9. The van der Waals surface area contributed by atoms with Crippen LogP contribution in [0.2, 0.25) is 10.0 Å². The van der Waals surface area contributed by atoms with E-state index >= 15 is 0 Å². The molecule has 218 valence electrons. The zero-order valence-electron chi connectivity index (χ0n) is 23.5. The van der Waals surface area contributed by atoms with Crippen LogP contribution in [0.3, 0.4) is 0 Å². The average Bonchev–Trinajstić information content (AvgIpc) is 3.39. The maximum atomic E-state index is 14.2. The predicted molar refractivity (Wildman–Crippen MR) is 163 cm³/mol. The number of hydrogen-bond donors (Lipinski definition) is 1. The van der Waals surface area contributed by atoms with Crippen molar-refractivity contribution in [2.24, 2.45) is 29.6 Å². The van der Waals surface area contributed by atoms with E-state index in [0.717, 1.165) is 22.3 Å². The molecule has 2 saturated heterocycles. The largest absolute Gasteiger partial charge is 0.508 e. The number of fused-ring (bicyclic) bond motifs is 4. The number of hydrogen-bond acceptors (Lipinski definition) is 5. The van der Waals surface area contributed by atoms with Gasteiger partial charge in [0.15, 0.2) is 0 Å². The van der Waals surface area contributed by atoms with Crippen molar-refractivity contribution in [3.63, 3.8) is 0 Å². The van der Waals surface area contributed by atoms with E-state index in [1.54, 1.807) is 60.7 Å². The Morgan fingerprint density at radius 2 is 1.21 bits per heavy atom. The number of imide groups is 2. The summed E-state index contributed by atoms with van der Waals surface area (Å²) in [6, 6.07) is 16.9. The van der Waals surface area contributed by atoms with Gasteiger partial charge >= 0.3 is 0 Å². The van der Waals surface area contributed by atoms with Crippen molar-refractivity contribution in [3.8, 4) is 5.75 Å². The van der Waals surface area contributed by atoms with Gasteiger partial charge in [0.2, 0.25) is 23.6 Å². The summed E-state index contributed by atoms with van der Waals surface area (Å²) < 4.78 is 0. The number of aryl methyl sites for hydroxylation is 2. The molecule has 0 unspecified atom stereocenters. The summed E-state index contributed by atoms with van der Waals surface area (Å²) in [5.41, 5.74) is 4.17. The molecule has 43 heavy (non-hydrogen) atoms. The lowest BCUT2D eigenvalue weighted by Crippen LogP contribution is -2.43. The van der Waals surface area contributed by atoms with Gasteiger partial charge in [-0.3, -0.25) is 19.2 Å². The highest BCUT2D eigenvalue weighted by Gasteiger charge is 2.62. The molecular weight excluding hydrogens is 587 g/mol. The zero-order valence-corrected chi connectivity index (χ0v) is 25.0. The molecular formula is C34H28Cl2N2O5. The van der Waals surface area contributed by atoms with Crippen LogP contribution in [0.4, 0.5) is 11.4 Å². The highest BCUT2D eigenvalue weighted by atomic mass is 35.5. The smallest absolute Gasteiger partial charge is 0.238 e. The molecule has 9 heteroatoms. The summed E-state index contributed by atoms with van der Waals surface area (Å²) in [6.45, 7) is 3.70. The van der Waals surface area contributed by atoms with Crippen molar-refractivity contribution in [2.45, 2.75) is 32.6 Å². The molecule has 3 aromatic rings. The molecule has 6 atom stereocenters. The topological polar surface area (TPSA) is 95.0 Å². The SMILES string of the molecule is Cc1ccc(N2C(=O)[C@H]3[C@H](CC=C4[C@H]3C[C@H]3C(=O)N(c5ccc(C)c(Cl)c5)C(=O)[C@H]3[C@H]4c3ccc(O)cc3)C2=O)cc1Cl. The Kier molecular flexibility index (Phi) is 6.52. The molecule has 3 aromatic carbocycles. The Morgan fingerprint density at radius 1 is 0.674 bits per heavy atom. The number of nitrogens with zero attached hydrogens (tertiary/aromatic N) is 2. The second-order valence-corrected chi connectivity index (χ2v) is 12.8. The molecule has 4 amide bonds. The Bertz CT molecular complexity index is 1770. The number of phenolic OH excluding ortho intramolecular Hbond substituents is 1. The van der Waals surface area contributed by atoms with Crippen LogP contribution in [0, 0.1) is 43.4 Å². The van der Waals surface area contributed by atoms with E-state index in [4.69, 9.17) is 23.2 Å². The van der Waals surface area contributed by atoms with Crippen LogP contribution in [0.1, 0.15) is 35.4 Å². The monoisotopic (exact) mass is 614 g/mol. The molecule has 2 heterocycles. The number of carbonyl (C=O) groups is 4. The number of aromatic hydroxyl groups is 1. The van der Waals surface area contributed by atoms with E-state index in [1.165, 1.54) is 9.80 Å². The van der Waals surface area contributed by atoms with Gasteiger partial charge in [0.25, 0.3) is 0 Å². The third kappa shape index (κ3) is 4.16. The first-order valence-corrected chi connectivity index (χ1v) is 15.1. The van der Waals surface area contributed by atoms with Crippen LogP contribution in [0.25, 0.3) is 0 Å². The lowest BCUT2D eigenvalue weighted by molar-refractivity contribution is -0.126. The Hall–Kier alpha value is -3.94. The summed E-state index contributed by atoms with van der Waals surface area (Å²) in [4.78, 5) is 58.5. The van der Waals surface area contributed by atoms with Crippen LogP contribution in [0.15, 0.2) is 72.3 Å². The molecule has 0 bridgehead atoms. The van der Waals surface area contributed by atoms with E-state index in [9.17, 15) is 24.3 Å². The molecule has 0 aromatic heterocycles. The highest BCUT2D eigenvalue weighted by Crippen LogP contribution is 2.58. The lowest BCUT2D eigenvalue weighted by atomic mass is 9.57. The second kappa shape index (κ2) is 10.1.